The maximum atomic E-state index is 12.8. The lowest BCUT2D eigenvalue weighted by Crippen LogP contribution is -2.15. The molecule has 1 amide bonds. The van der Waals surface area contributed by atoms with Gasteiger partial charge in [0.15, 0.2) is 0 Å². The summed E-state index contributed by atoms with van der Waals surface area (Å²) in [5.41, 5.74) is 3.59. The van der Waals surface area contributed by atoms with Crippen LogP contribution in [0, 0.1) is 17.0 Å². The van der Waals surface area contributed by atoms with Crippen molar-refractivity contribution in [2.75, 3.05) is 11.9 Å². The summed E-state index contributed by atoms with van der Waals surface area (Å²) in [7, 11) is 0. The van der Waals surface area contributed by atoms with Gasteiger partial charge in [0.05, 0.1) is 11.5 Å². The van der Waals surface area contributed by atoms with E-state index >= 15 is 0 Å². The van der Waals surface area contributed by atoms with Gasteiger partial charge in [0.2, 0.25) is 0 Å². The Labute approximate surface area is 183 Å². The topological polar surface area (TPSA) is 98.5 Å². The standard InChI is InChI=1S/C23H22N2O5S/c1-4-15-6-8-16(9-7-15)18-13-31-22(20(18)23(27)30-5-2)24-21(26)17-10-11-19(25(28)29)14(3)12-17/h6-13H,4-5H2,1-3H3,(H,24,26). The van der Waals surface area contributed by atoms with Gasteiger partial charge < -0.3 is 10.1 Å². The molecule has 0 radical (unpaired) electrons. The van der Waals surface area contributed by atoms with Crippen molar-refractivity contribution in [3.05, 3.63) is 80.2 Å². The third-order valence-electron chi connectivity index (χ3n) is 4.83. The quantitative estimate of drug-likeness (QED) is 0.293. The van der Waals surface area contributed by atoms with Crippen molar-refractivity contribution in [3.8, 4) is 11.1 Å². The number of aryl methyl sites for hydroxylation is 2. The number of carbonyl (C=O) groups excluding carboxylic acids is 2. The number of nitrogens with one attached hydrogen (secondary N) is 1. The second-order valence-corrected chi connectivity index (χ2v) is 7.72. The summed E-state index contributed by atoms with van der Waals surface area (Å²) >= 11 is 1.23. The van der Waals surface area contributed by atoms with E-state index in [-0.39, 0.29) is 17.9 Å². The van der Waals surface area contributed by atoms with Crippen molar-refractivity contribution in [3.63, 3.8) is 0 Å². The van der Waals surface area contributed by atoms with Gasteiger partial charge in [-0.25, -0.2) is 4.79 Å². The van der Waals surface area contributed by atoms with Gasteiger partial charge in [0, 0.05) is 28.1 Å². The Balaban J connectivity index is 1.96. The van der Waals surface area contributed by atoms with E-state index in [9.17, 15) is 19.7 Å². The van der Waals surface area contributed by atoms with E-state index in [1.165, 1.54) is 35.1 Å². The molecule has 0 aliphatic rings. The smallest absolute Gasteiger partial charge is 0.341 e. The van der Waals surface area contributed by atoms with Gasteiger partial charge in [0.1, 0.15) is 10.6 Å². The van der Waals surface area contributed by atoms with Crippen LogP contribution in [0.1, 0.15) is 45.7 Å². The van der Waals surface area contributed by atoms with Crippen molar-refractivity contribution in [2.24, 2.45) is 0 Å². The zero-order valence-electron chi connectivity index (χ0n) is 17.4. The molecule has 1 N–H and O–H groups in total. The number of anilines is 1. The Morgan fingerprint density at radius 1 is 1.13 bits per heavy atom. The van der Waals surface area contributed by atoms with Gasteiger partial charge in [-0.1, -0.05) is 31.2 Å². The predicted octanol–water partition coefficient (Wildman–Crippen LogP) is 5.62. The Morgan fingerprint density at radius 3 is 2.42 bits per heavy atom. The Bertz CT molecular complexity index is 1140. The first-order chi connectivity index (χ1) is 14.8. The van der Waals surface area contributed by atoms with Crippen LogP contribution in [0.5, 0.6) is 0 Å². The van der Waals surface area contributed by atoms with Crippen LogP contribution < -0.4 is 5.32 Å². The monoisotopic (exact) mass is 438 g/mol. The van der Waals surface area contributed by atoms with Crippen LogP contribution in [0.3, 0.4) is 0 Å². The van der Waals surface area contributed by atoms with Crippen LogP contribution in [-0.2, 0) is 11.2 Å². The summed E-state index contributed by atoms with van der Waals surface area (Å²) < 4.78 is 5.22. The number of hydrogen-bond acceptors (Lipinski definition) is 6. The lowest BCUT2D eigenvalue weighted by atomic mass is 10.0. The van der Waals surface area contributed by atoms with E-state index in [1.807, 2.05) is 29.6 Å². The zero-order valence-corrected chi connectivity index (χ0v) is 18.2. The SMILES string of the molecule is CCOC(=O)c1c(-c2ccc(CC)cc2)csc1NC(=O)c1ccc([N+](=O)[O-])c(C)c1. The highest BCUT2D eigenvalue weighted by Gasteiger charge is 2.23. The van der Waals surface area contributed by atoms with Gasteiger partial charge in [0.25, 0.3) is 11.6 Å². The van der Waals surface area contributed by atoms with Crippen LogP contribution in [0.4, 0.5) is 10.7 Å². The molecule has 7 nitrogen and oxygen atoms in total. The molecule has 2 aromatic carbocycles. The van der Waals surface area contributed by atoms with Crippen molar-refractivity contribution < 1.29 is 19.2 Å². The molecule has 0 aliphatic carbocycles. The summed E-state index contributed by atoms with van der Waals surface area (Å²) in [6, 6.07) is 12.0. The van der Waals surface area contributed by atoms with E-state index in [1.54, 1.807) is 13.8 Å². The first kappa shape index (κ1) is 22.2. The number of nitro groups is 1. The minimum Gasteiger partial charge on any atom is -0.462 e. The third kappa shape index (κ3) is 4.80. The van der Waals surface area contributed by atoms with Crippen LogP contribution >= 0.6 is 11.3 Å². The van der Waals surface area contributed by atoms with E-state index in [2.05, 4.69) is 12.2 Å². The Hall–Kier alpha value is -3.52. The average Bonchev–Trinajstić information content (AvgIpc) is 3.17. The lowest BCUT2D eigenvalue weighted by molar-refractivity contribution is -0.385. The highest BCUT2D eigenvalue weighted by atomic mass is 32.1. The van der Waals surface area contributed by atoms with E-state index in [0.29, 0.717) is 21.7 Å². The number of hydrogen-bond donors (Lipinski definition) is 1. The normalized spacial score (nSPS) is 10.5. The molecule has 3 rings (SSSR count). The van der Waals surface area contributed by atoms with Gasteiger partial charge in [-0.2, -0.15) is 0 Å². The molecule has 0 spiro atoms. The van der Waals surface area contributed by atoms with Crippen molar-refractivity contribution in [2.45, 2.75) is 27.2 Å². The Morgan fingerprint density at radius 2 is 1.84 bits per heavy atom. The number of benzene rings is 2. The van der Waals surface area contributed by atoms with E-state index in [4.69, 9.17) is 4.74 Å². The van der Waals surface area contributed by atoms with E-state index in [0.717, 1.165) is 12.0 Å². The molecule has 8 heteroatoms. The highest BCUT2D eigenvalue weighted by molar-refractivity contribution is 7.15. The molecule has 1 aromatic heterocycles. The van der Waals surface area contributed by atoms with Gasteiger partial charge in [-0.05, 0) is 43.5 Å². The summed E-state index contributed by atoms with van der Waals surface area (Å²) in [6.07, 6.45) is 0.907. The van der Waals surface area contributed by atoms with Crippen LogP contribution in [0.15, 0.2) is 47.8 Å². The number of rotatable bonds is 7. The molecule has 1 heterocycles. The number of esters is 1. The van der Waals surface area contributed by atoms with Crippen molar-refractivity contribution in [1.29, 1.82) is 0 Å². The molecule has 0 aliphatic heterocycles. The summed E-state index contributed by atoms with van der Waals surface area (Å²) in [5.74, 6) is -0.980. The molecule has 0 saturated carbocycles. The summed E-state index contributed by atoms with van der Waals surface area (Å²) in [4.78, 5) is 36.0. The number of carbonyl (C=O) groups is 2. The fourth-order valence-electron chi connectivity index (χ4n) is 3.17. The van der Waals surface area contributed by atoms with Crippen LogP contribution in [0.25, 0.3) is 11.1 Å². The molecule has 0 atom stereocenters. The second-order valence-electron chi connectivity index (χ2n) is 6.84. The van der Waals surface area contributed by atoms with Crippen LogP contribution in [-0.4, -0.2) is 23.4 Å². The minimum atomic E-state index is -0.520. The number of nitrogens with zero attached hydrogens (tertiary/aromatic N) is 1. The summed E-state index contributed by atoms with van der Waals surface area (Å²) in [6.45, 7) is 5.56. The number of ether oxygens (including phenoxy) is 1. The first-order valence-electron chi connectivity index (χ1n) is 9.80. The predicted molar refractivity (Wildman–Crippen MR) is 121 cm³/mol. The maximum Gasteiger partial charge on any atom is 0.341 e. The number of amides is 1. The third-order valence-corrected chi connectivity index (χ3v) is 5.72. The van der Waals surface area contributed by atoms with Gasteiger partial charge >= 0.3 is 5.97 Å². The minimum absolute atomic E-state index is 0.0577. The second kappa shape index (κ2) is 9.53. The highest BCUT2D eigenvalue weighted by Crippen LogP contribution is 2.36. The fraction of sp³-hybridized carbons (Fsp3) is 0.217. The van der Waals surface area contributed by atoms with Crippen LogP contribution in [0.2, 0.25) is 0 Å². The molecular weight excluding hydrogens is 416 g/mol. The number of thiophene rings is 1. The fourth-order valence-corrected chi connectivity index (χ4v) is 4.12. The van der Waals surface area contributed by atoms with Crippen molar-refractivity contribution in [1.82, 2.24) is 0 Å². The molecule has 3 aromatic rings. The maximum absolute atomic E-state index is 12.8. The molecule has 0 fully saturated rings. The first-order valence-corrected chi connectivity index (χ1v) is 10.7. The number of nitro benzene ring substituents is 1. The Kier molecular flexibility index (Phi) is 6.81. The lowest BCUT2D eigenvalue weighted by Gasteiger charge is -2.09. The molecule has 0 saturated heterocycles. The van der Waals surface area contributed by atoms with Crippen molar-refractivity contribution >= 4 is 33.9 Å². The summed E-state index contributed by atoms with van der Waals surface area (Å²) in [5, 5.41) is 16.0. The molecule has 0 unspecified atom stereocenters. The average molecular weight is 439 g/mol. The van der Waals surface area contributed by atoms with Gasteiger partial charge in [-0.3, -0.25) is 14.9 Å². The van der Waals surface area contributed by atoms with Gasteiger partial charge in [-0.15, -0.1) is 11.3 Å². The molecule has 160 valence electrons. The molecule has 31 heavy (non-hydrogen) atoms. The zero-order chi connectivity index (χ0) is 22.5. The molecule has 0 bridgehead atoms. The largest absolute Gasteiger partial charge is 0.462 e. The van der Waals surface area contributed by atoms with E-state index < -0.39 is 16.8 Å². The molecular formula is C23H22N2O5S.